The van der Waals surface area contributed by atoms with Crippen LogP contribution in [0.4, 0.5) is 0 Å². The second-order valence-corrected chi connectivity index (χ2v) is 4.97. The smallest absolute Gasteiger partial charge is 0.337 e. The quantitative estimate of drug-likeness (QED) is 0.860. The third-order valence-corrected chi connectivity index (χ3v) is 3.59. The first kappa shape index (κ1) is 14.4. The fourth-order valence-electron chi connectivity index (χ4n) is 2.47. The van der Waals surface area contributed by atoms with Crippen LogP contribution in [0.3, 0.4) is 0 Å². The Kier molecular flexibility index (Phi) is 4.61. The fraction of sp³-hybridized carbons (Fsp3) is 0.353. The van der Waals surface area contributed by atoms with E-state index < -0.39 is 5.97 Å². The highest BCUT2D eigenvalue weighted by Crippen LogP contribution is 2.19. The SMILES string of the molecule is CCCCc1ccc(-n2ccc(C(=O)O)c2CC)cc1. The van der Waals surface area contributed by atoms with Gasteiger partial charge in [-0.05, 0) is 43.0 Å². The molecule has 1 N–H and O–H groups in total. The highest BCUT2D eigenvalue weighted by Gasteiger charge is 2.14. The van der Waals surface area contributed by atoms with E-state index in [2.05, 4.69) is 31.2 Å². The number of carbonyl (C=O) groups is 1. The molecule has 0 aliphatic rings. The van der Waals surface area contributed by atoms with Crippen LogP contribution in [0.25, 0.3) is 5.69 Å². The van der Waals surface area contributed by atoms with Crippen LogP contribution in [0, 0.1) is 0 Å². The van der Waals surface area contributed by atoms with E-state index in [1.807, 2.05) is 17.7 Å². The molecule has 0 aliphatic heterocycles. The summed E-state index contributed by atoms with van der Waals surface area (Å²) in [6, 6.07) is 10.1. The largest absolute Gasteiger partial charge is 0.478 e. The van der Waals surface area contributed by atoms with Gasteiger partial charge in [0.05, 0.1) is 5.56 Å². The van der Waals surface area contributed by atoms with Crippen molar-refractivity contribution in [2.24, 2.45) is 0 Å². The molecule has 0 aliphatic carbocycles. The van der Waals surface area contributed by atoms with E-state index in [0.717, 1.165) is 17.8 Å². The van der Waals surface area contributed by atoms with E-state index in [9.17, 15) is 9.90 Å². The van der Waals surface area contributed by atoms with Crippen LogP contribution in [-0.4, -0.2) is 15.6 Å². The predicted molar refractivity (Wildman–Crippen MR) is 80.7 cm³/mol. The molecule has 0 saturated carbocycles. The Balaban J connectivity index is 2.29. The Labute approximate surface area is 119 Å². The Hall–Kier alpha value is -2.03. The maximum absolute atomic E-state index is 11.2. The van der Waals surface area contributed by atoms with Crippen LogP contribution in [0.15, 0.2) is 36.5 Å². The van der Waals surface area contributed by atoms with Crippen molar-refractivity contribution in [2.75, 3.05) is 0 Å². The molecule has 2 aromatic rings. The topological polar surface area (TPSA) is 42.2 Å². The third kappa shape index (κ3) is 2.93. The number of nitrogens with zero attached hydrogens (tertiary/aromatic N) is 1. The van der Waals surface area contributed by atoms with Gasteiger partial charge in [0.25, 0.3) is 0 Å². The molecule has 3 heteroatoms. The van der Waals surface area contributed by atoms with Gasteiger partial charge in [-0.2, -0.15) is 0 Å². The number of unbranched alkanes of at least 4 members (excludes halogenated alkanes) is 1. The summed E-state index contributed by atoms with van der Waals surface area (Å²) in [4.78, 5) is 11.2. The lowest BCUT2D eigenvalue weighted by Gasteiger charge is -2.10. The molecule has 1 aromatic carbocycles. The molecule has 3 nitrogen and oxygen atoms in total. The second kappa shape index (κ2) is 6.42. The number of benzene rings is 1. The number of aromatic nitrogens is 1. The van der Waals surface area contributed by atoms with Crippen molar-refractivity contribution >= 4 is 5.97 Å². The van der Waals surface area contributed by atoms with Gasteiger partial charge in [-0.1, -0.05) is 32.4 Å². The van der Waals surface area contributed by atoms with Crippen LogP contribution in [0.2, 0.25) is 0 Å². The first-order valence-corrected chi connectivity index (χ1v) is 7.20. The zero-order valence-corrected chi connectivity index (χ0v) is 12.1. The van der Waals surface area contributed by atoms with Crippen molar-refractivity contribution in [2.45, 2.75) is 39.5 Å². The minimum Gasteiger partial charge on any atom is -0.478 e. The highest BCUT2D eigenvalue weighted by atomic mass is 16.4. The minimum absolute atomic E-state index is 0.391. The molecule has 0 fully saturated rings. The zero-order chi connectivity index (χ0) is 14.5. The third-order valence-electron chi connectivity index (χ3n) is 3.59. The summed E-state index contributed by atoms with van der Waals surface area (Å²) < 4.78 is 1.97. The van der Waals surface area contributed by atoms with Gasteiger partial charge >= 0.3 is 5.97 Å². The summed E-state index contributed by atoms with van der Waals surface area (Å²) in [5, 5.41) is 9.18. The lowest BCUT2D eigenvalue weighted by molar-refractivity contribution is 0.0696. The number of carboxylic acids is 1. The molecular formula is C17H21NO2. The van der Waals surface area contributed by atoms with Gasteiger partial charge in [0.2, 0.25) is 0 Å². The van der Waals surface area contributed by atoms with E-state index in [0.29, 0.717) is 12.0 Å². The number of hydrogen-bond donors (Lipinski definition) is 1. The maximum atomic E-state index is 11.2. The van der Waals surface area contributed by atoms with Gasteiger partial charge in [-0.3, -0.25) is 0 Å². The van der Waals surface area contributed by atoms with E-state index in [-0.39, 0.29) is 0 Å². The normalized spacial score (nSPS) is 10.7. The molecule has 20 heavy (non-hydrogen) atoms. The summed E-state index contributed by atoms with van der Waals surface area (Å²) in [5.41, 5.74) is 3.59. The van der Waals surface area contributed by atoms with E-state index >= 15 is 0 Å². The van der Waals surface area contributed by atoms with Crippen molar-refractivity contribution < 1.29 is 9.90 Å². The van der Waals surface area contributed by atoms with Crippen molar-refractivity contribution in [3.63, 3.8) is 0 Å². The van der Waals surface area contributed by atoms with Crippen molar-refractivity contribution in [3.05, 3.63) is 53.3 Å². The standard InChI is InChI=1S/C17H21NO2/c1-3-5-6-13-7-9-14(10-8-13)18-12-11-15(17(19)20)16(18)4-2/h7-12H,3-6H2,1-2H3,(H,19,20). The Morgan fingerprint density at radius 2 is 1.85 bits per heavy atom. The van der Waals surface area contributed by atoms with Crippen LogP contribution < -0.4 is 0 Å². The lowest BCUT2D eigenvalue weighted by Crippen LogP contribution is -2.04. The molecule has 1 heterocycles. The van der Waals surface area contributed by atoms with Crippen LogP contribution in [0.5, 0.6) is 0 Å². The molecule has 0 bridgehead atoms. The monoisotopic (exact) mass is 271 g/mol. The number of carboxylic acid groups (broad SMARTS) is 1. The van der Waals surface area contributed by atoms with Gasteiger partial charge in [0.15, 0.2) is 0 Å². The maximum Gasteiger partial charge on any atom is 0.337 e. The number of hydrogen-bond acceptors (Lipinski definition) is 1. The van der Waals surface area contributed by atoms with Crippen LogP contribution >= 0.6 is 0 Å². The molecular weight excluding hydrogens is 250 g/mol. The fourth-order valence-corrected chi connectivity index (χ4v) is 2.47. The van der Waals surface area contributed by atoms with Crippen LogP contribution in [0.1, 0.15) is 48.3 Å². The molecule has 0 spiro atoms. The molecule has 0 radical (unpaired) electrons. The van der Waals surface area contributed by atoms with Crippen molar-refractivity contribution in [3.8, 4) is 5.69 Å². The number of aromatic carboxylic acids is 1. The molecule has 0 atom stereocenters. The number of aryl methyl sites for hydroxylation is 1. The first-order valence-electron chi connectivity index (χ1n) is 7.20. The molecule has 1 aromatic heterocycles. The summed E-state index contributed by atoms with van der Waals surface area (Å²) in [6.07, 6.45) is 6.03. The first-order chi connectivity index (χ1) is 9.67. The average Bonchev–Trinajstić information content (AvgIpc) is 2.89. The zero-order valence-electron chi connectivity index (χ0n) is 12.1. The molecule has 2 rings (SSSR count). The molecule has 0 saturated heterocycles. The Bertz CT molecular complexity index is 582. The van der Waals surface area contributed by atoms with E-state index in [4.69, 9.17) is 0 Å². The molecule has 0 unspecified atom stereocenters. The van der Waals surface area contributed by atoms with Gasteiger partial charge < -0.3 is 9.67 Å². The Morgan fingerprint density at radius 1 is 1.15 bits per heavy atom. The summed E-state index contributed by atoms with van der Waals surface area (Å²) in [6.45, 7) is 4.17. The molecule has 0 amide bonds. The van der Waals surface area contributed by atoms with Crippen molar-refractivity contribution in [1.29, 1.82) is 0 Å². The van der Waals surface area contributed by atoms with E-state index in [1.54, 1.807) is 6.07 Å². The summed E-state index contributed by atoms with van der Waals surface area (Å²) in [5.74, 6) is -0.861. The van der Waals surface area contributed by atoms with Crippen molar-refractivity contribution in [1.82, 2.24) is 4.57 Å². The summed E-state index contributed by atoms with van der Waals surface area (Å²) in [7, 11) is 0. The highest BCUT2D eigenvalue weighted by molar-refractivity contribution is 5.89. The second-order valence-electron chi connectivity index (χ2n) is 4.97. The van der Waals surface area contributed by atoms with Gasteiger partial charge in [-0.15, -0.1) is 0 Å². The van der Waals surface area contributed by atoms with Crippen LogP contribution in [-0.2, 0) is 12.8 Å². The Morgan fingerprint density at radius 3 is 2.40 bits per heavy atom. The summed E-state index contributed by atoms with van der Waals surface area (Å²) >= 11 is 0. The predicted octanol–water partition coefficient (Wildman–Crippen LogP) is 4.08. The van der Waals surface area contributed by atoms with Gasteiger partial charge in [0.1, 0.15) is 0 Å². The van der Waals surface area contributed by atoms with E-state index in [1.165, 1.54) is 18.4 Å². The molecule has 106 valence electrons. The number of rotatable bonds is 6. The lowest BCUT2D eigenvalue weighted by atomic mass is 10.1. The minimum atomic E-state index is -0.861. The average molecular weight is 271 g/mol. The van der Waals surface area contributed by atoms with Gasteiger partial charge in [-0.25, -0.2) is 4.79 Å². The van der Waals surface area contributed by atoms with Gasteiger partial charge in [0, 0.05) is 17.6 Å².